The van der Waals surface area contributed by atoms with Crippen molar-refractivity contribution in [2.45, 2.75) is 45.1 Å². The van der Waals surface area contributed by atoms with Gasteiger partial charge < -0.3 is 15.2 Å². The molecule has 0 radical (unpaired) electrons. The molecule has 1 aliphatic carbocycles. The lowest BCUT2D eigenvalue weighted by Crippen LogP contribution is -2.57. The molecule has 2 atom stereocenters. The largest absolute Gasteiger partial charge is 0.394 e. The van der Waals surface area contributed by atoms with Gasteiger partial charge in [0.2, 0.25) is 0 Å². The first-order valence-electron chi connectivity index (χ1n) is 6.51. The van der Waals surface area contributed by atoms with Crippen LogP contribution in [0.4, 0.5) is 0 Å². The van der Waals surface area contributed by atoms with Crippen LogP contribution in [0.1, 0.15) is 39.5 Å². The van der Waals surface area contributed by atoms with Crippen LogP contribution in [0.3, 0.4) is 0 Å². The van der Waals surface area contributed by atoms with Gasteiger partial charge in [0, 0.05) is 17.5 Å². The van der Waals surface area contributed by atoms with Crippen molar-refractivity contribution in [2.24, 2.45) is 11.3 Å². The van der Waals surface area contributed by atoms with E-state index in [0.29, 0.717) is 5.41 Å². The average Bonchev–Trinajstić information content (AvgIpc) is 2.24. The molecule has 3 heteroatoms. The first kappa shape index (κ1) is 12.3. The Morgan fingerprint density at radius 1 is 1.44 bits per heavy atom. The molecule has 2 aliphatic rings. The van der Waals surface area contributed by atoms with E-state index in [4.69, 9.17) is 4.74 Å². The van der Waals surface area contributed by atoms with Gasteiger partial charge in [0.15, 0.2) is 0 Å². The van der Waals surface area contributed by atoms with Crippen molar-refractivity contribution in [2.75, 3.05) is 26.4 Å². The zero-order valence-corrected chi connectivity index (χ0v) is 10.6. The number of hydrogen-bond donors (Lipinski definition) is 2. The Morgan fingerprint density at radius 2 is 2.19 bits per heavy atom. The van der Waals surface area contributed by atoms with E-state index >= 15 is 0 Å². The van der Waals surface area contributed by atoms with Gasteiger partial charge in [0.1, 0.15) is 0 Å². The van der Waals surface area contributed by atoms with Crippen molar-refractivity contribution >= 4 is 0 Å². The normalized spacial score (nSPS) is 38.1. The summed E-state index contributed by atoms with van der Waals surface area (Å²) in [6.45, 7) is 7.50. The van der Waals surface area contributed by atoms with Crippen LogP contribution >= 0.6 is 0 Å². The lowest BCUT2D eigenvalue weighted by atomic mass is 9.76. The van der Waals surface area contributed by atoms with Crippen molar-refractivity contribution < 1.29 is 9.84 Å². The van der Waals surface area contributed by atoms with Gasteiger partial charge in [-0.05, 0) is 18.8 Å². The van der Waals surface area contributed by atoms with Crippen molar-refractivity contribution in [1.29, 1.82) is 0 Å². The van der Waals surface area contributed by atoms with Gasteiger partial charge in [-0.2, -0.15) is 0 Å². The number of ether oxygens (including phenoxy) is 1. The number of aliphatic hydroxyl groups is 1. The maximum Gasteiger partial charge on any atom is 0.0613 e. The number of aliphatic hydroxyl groups excluding tert-OH is 1. The van der Waals surface area contributed by atoms with Crippen LogP contribution in [0.25, 0.3) is 0 Å². The van der Waals surface area contributed by atoms with E-state index in [0.717, 1.165) is 38.5 Å². The minimum Gasteiger partial charge on any atom is -0.394 e. The monoisotopic (exact) mass is 227 g/mol. The molecular formula is C13H25NO2. The smallest absolute Gasteiger partial charge is 0.0613 e. The fourth-order valence-electron chi connectivity index (χ4n) is 2.97. The van der Waals surface area contributed by atoms with Gasteiger partial charge >= 0.3 is 0 Å². The molecule has 16 heavy (non-hydrogen) atoms. The summed E-state index contributed by atoms with van der Waals surface area (Å²) in [4.78, 5) is 0. The minimum atomic E-state index is -0.0176. The molecule has 2 fully saturated rings. The Hall–Kier alpha value is -0.120. The van der Waals surface area contributed by atoms with Gasteiger partial charge in [-0.1, -0.05) is 26.7 Å². The van der Waals surface area contributed by atoms with Gasteiger partial charge in [0.25, 0.3) is 0 Å². The minimum absolute atomic E-state index is 0.0176. The lowest BCUT2D eigenvalue weighted by Gasteiger charge is -2.45. The second-order valence-electron chi connectivity index (χ2n) is 6.30. The summed E-state index contributed by atoms with van der Waals surface area (Å²) in [6, 6.07) is 0. The standard InChI is InChI=1S/C13H25NO2/c1-11-4-3-5-13(6-11,8-15)14-7-12(2)9-16-10-12/h11,14-15H,3-10H2,1-2H3. The van der Waals surface area contributed by atoms with Crippen molar-refractivity contribution in [3.05, 3.63) is 0 Å². The van der Waals surface area contributed by atoms with E-state index < -0.39 is 0 Å². The summed E-state index contributed by atoms with van der Waals surface area (Å²) in [6.07, 6.45) is 4.77. The highest BCUT2D eigenvalue weighted by Gasteiger charge is 2.39. The SMILES string of the molecule is CC1CCCC(CO)(NCC2(C)COC2)C1. The van der Waals surface area contributed by atoms with Gasteiger partial charge in [-0.25, -0.2) is 0 Å². The molecule has 2 unspecified atom stereocenters. The summed E-state index contributed by atoms with van der Waals surface area (Å²) in [5.41, 5.74) is 0.277. The third kappa shape index (κ3) is 2.58. The molecule has 1 aliphatic heterocycles. The highest BCUT2D eigenvalue weighted by molar-refractivity contribution is 4.95. The van der Waals surface area contributed by atoms with E-state index in [1.807, 2.05) is 0 Å². The van der Waals surface area contributed by atoms with Gasteiger partial charge in [0.05, 0.1) is 19.8 Å². The number of rotatable bonds is 4. The topological polar surface area (TPSA) is 41.5 Å². The lowest BCUT2D eigenvalue weighted by molar-refractivity contribution is -0.104. The highest BCUT2D eigenvalue weighted by atomic mass is 16.5. The summed E-state index contributed by atoms with van der Waals surface area (Å²) >= 11 is 0. The molecule has 1 saturated heterocycles. The second kappa shape index (κ2) is 4.63. The Labute approximate surface area is 98.6 Å². The fourth-order valence-corrected chi connectivity index (χ4v) is 2.97. The zero-order chi connectivity index (χ0) is 11.6. The van der Waals surface area contributed by atoms with Gasteiger partial charge in [-0.15, -0.1) is 0 Å². The number of hydrogen-bond acceptors (Lipinski definition) is 3. The van der Waals surface area contributed by atoms with Crippen LogP contribution in [-0.4, -0.2) is 37.0 Å². The Kier molecular flexibility index (Phi) is 3.57. The zero-order valence-electron chi connectivity index (χ0n) is 10.6. The molecular weight excluding hydrogens is 202 g/mol. The van der Waals surface area contributed by atoms with Crippen LogP contribution in [0, 0.1) is 11.3 Å². The van der Waals surface area contributed by atoms with Crippen LogP contribution in [-0.2, 0) is 4.74 Å². The first-order chi connectivity index (χ1) is 7.58. The Bertz CT molecular complexity index is 240. The predicted octanol–water partition coefficient (Wildman–Crippen LogP) is 1.55. The van der Waals surface area contributed by atoms with Crippen molar-refractivity contribution in [3.8, 4) is 0 Å². The molecule has 0 aromatic rings. The van der Waals surface area contributed by atoms with E-state index in [1.54, 1.807) is 0 Å². The maximum atomic E-state index is 9.65. The second-order valence-corrected chi connectivity index (χ2v) is 6.30. The van der Waals surface area contributed by atoms with Crippen LogP contribution in [0.2, 0.25) is 0 Å². The molecule has 0 bridgehead atoms. The molecule has 0 aromatic heterocycles. The van der Waals surface area contributed by atoms with E-state index in [1.165, 1.54) is 12.8 Å². The first-order valence-corrected chi connectivity index (χ1v) is 6.51. The highest BCUT2D eigenvalue weighted by Crippen LogP contribution is 2.33. The Balaban J connectivity index is 1.88. The van der Waals surface area contributed by atoms with Crippen LogP contribution < -0.4 is 5.32 Å². The van der Waals surface area contributed by atoms with E-state index in [2.05, 4.69) is 19.2 Å². The average molecular weight is 227 g/mol. The van der Waals surface area contributed by atoms with Gasteiger partial charge in [-0.3, -0.25) is 0 Å². The maximum absolute atomic E-state index is 9.65. The van der Waals surface area contributed by atoms with Crippen molar-refractivity contribution in [1.82, 2.24) is 5.32 Å². The summed E-state index contributed by atoms with van der Waals surface area (Å²) < 4.78 is 5.26. The number of nitrogens with one attached hydrogen (secondary N) is 1. The molecule has 0 spiro atoms. The van der Waals surface area contributed by atoms with Crippen LogP contribution in [0.5, 0.6) is 0 Å². The fraction of sp³-hybridized carbons (Fsp3) is 1.00. The molecule has 1 heterocycles. The van der Waals surface area contributed by atoms with Crippen molar-refractivity contribution in [3.63, 3.8) is 0 Å². The molecule has 3 nitrogen and oxygen atoms in total. The summed E-state index contributed by atoms with van der Waals surface area (Å²) in [5, 5.41) is 13.3. The van der Waals surface area contributed by atoms with E-state index in [-0.39, 0.29) is 12.1 Å². The molecule has 0 aromatic carbocycles. The van der Waals surface area contributed by atoms with E-state index in [9.17, 15) is 5.11 Å². The Morgan fingerprint density at radius 3 is 2.69 bits per heavy atom. The summed E-state index contributed by atoms with van der Waals surface area (Å²) in [7, 11) is 0. The molecule has 2 rings (SSSR count). The predicted molar refractivity (Wildman–Crippen MR) is 64.4 cm³/mol. The molecule has 2 N–H and O–H groups in total. The quantitative estimate of drug-likeness (QED) is 0.766. The third-order valence-electron chi connectivity index (χ3n) is 4.19. The molecule has 1 saturated carbocycles. The molecule has 94 valence electrons. The summed E-state index contributed by atoms with van der Waals surface area (Å²) in [5.74, 6) is 0.735. The van der Waals surface area contributed by atoms with Crippen LogP contribution in [0.15, 0.2) is 0 Å². The molecule has 0 amide bonds. The third-order valence-corrected chi connectivity index (χ3v) is 4.19.